The van der Waals surface area contributed by atoms with Gasteiger partial charge in [-0.25, -0.2) is 0 Å². The van der Waals surface area contributed by atoms with Crippen molar-refractivity contribution in [3.63, 3.8) is 0 Å². The van der Waals surface area contributed by atoms with Crippen LogP contribution in [-0.2, 0) is 4.79 Å². The van der Waals surface area contributed by atoms with E-state index in [0.717, 1.165) is 5.75 Å². The molecule has 7 heteroatoms. The molecule has 0 unspecified atom stereocenters. The summed E-state index contributed by atoms with van der Waals surface area (Å²) < 4.78 is 11.2. The van der Waals surface area contributed by atoms with E-state index in [1.54, 1.807) is 50.5 Å². The second kappa shape index (κ2) is 9.80. The van der Waals surface area contributed by atoms with Gasteiger partial charge in [0.1, 0.15) is 17.2 Å². The smallest absolute Gasteiger partial charge is 0.262 e. The standard InChI is InChI=1S/C23H21ClN2O4/c1-26(2)23(28)16-8-13-20(24)21(14-16)25-22(27)15-29-17-9-11-19(12-10-17)30-18-6-4-3-5-7-18/h3-14H,15H2,1-2H3,(H,25,27). The molecule has 0 atom stereocenters. The first kappa shape index (κ1) is 21.2. The van der Waals surface area contributed by atoms with Crippen molar-refractivity contribution in [2.45, 2.75) is 0 Å². The molecular formula is C23H21ClN2O4. The molecule has 3 aromatic rings. The Balaban J connectivity index is 1.56. The molecule has 0 saturated heterocycles. The second-order valence-electron chi connectivity index (χ2n) is 6.62. The van der Waals surface area contributed by atoms with Gasteiger partial charge in [-0.3, -0.25) is 9.59 Å². The van der Waals surface area contributed by atoms with Gasteiger partial charge in [-0.1, -0.05) is 29.8 Å². The Labute approximate surface area is 180 Å². The molecule has 0 aromatic heterocycles. The number of ether oxygens (including phenoxy) is 2. The number of hydrogen-bond acceptors (Lipinski definition) is 4. The summed E-state index contributed by atoms with van der Waals surface area (Å²) in [7, 11) is 3.30. The normalized spacial score (nSPS) is 10.2. The number of nitrogens with one attached hydrogen (secondary N) is 1. The van der Waals surface area contributed by atoms with Crippen LogP contribution in [0.3, 0.4) is 0 Å². The van der Waals surface area contributed by atoms with Gasteiger partial charge in [0, 0.05) is 19.7 Å². The Morgan fingerprint density at radius 3 is 2.20 bits per heavy atom. The van der Waals surface area contributed by atoms with E-state index in [-0.39, 0.29) is 12.5 Å². The number of amides is 2. The largest absolute Gasteiger partial charge is 0.484 e. The molecule has 0 aliphatic rings. The number of anilines is 1. The maximum atomic E-state index is 12.2. The van der Waals surface area contributed by atoms with E-state index in [1.165, 1.54) is 11.0 Å². The summed E-state index contributed by atoms with van der Waals surface area (Å²) in [5.41, 5.74) is 0.777. The number of hydrogen-bond donors (Lipinski definition) is 1. The van der Waals surface area contributed by atoms with E-state index < -0.39 is 5.91 Å². The van der Waals surface area contributed by atoms with E-state index in [2.05, 4.69) is 5.32 Å². The molecule has 30 heavy (non-hydrogen) atoms. The van der Waals surface area contributed by atoms with Crippen LogP contribution in [0.25, 0.3) is 0 Å². The third-order valence-corrected chi connectivity index (χ3v) is 4.40. The van der Waals surface area contributed by atoms with Crippen molar-refractivity contribution in [1.29, 1.82) is 0 Å². The zero-order valence-electron chi connectivity index (χ0n) is 16.6. The molecule has 154 valence electrons. The highest BCUT2D eigenvalue weighted by Crippen LogP contribution is 2.25. The first-order valence-corrected chi connectivity index (χ1v) is 9.57. The fraction of sp³-hybridized carbons (Fsp3) is 0.130. The average Bonchev–Trinajstić information content (AvgIpc) is 2.75. The minimum absolute atomic E-state index is 0.184. The van der Waals surface area contributed by atoms with E-state index >= 15 is 0 Å². The lowest BCUT2D eigenvalue weighted by Gasteiger charge is -2.13. The Kier molecular flexibility index (Phi) is 6.93. The van der Waals surface area contributed by atoms with Gasteiger partial charge < -0.3 is 19.7 Å². The number of benzene rings is 3. The molecule has 0 heterocycles. The van der Waals surface area contributed by atoms with Gasteiger partial charge in [-0.15, -0.1) is 0 Å². The Bertz CT molecular complexity index is 1020. The van der Waals surface area contributed by atoms with E-state index in [0.29, 0.717) is 27.8 Å². The quantitative estimate of drug-likeness (QED) is 0.588. The van der Waals surface area contributed by atoms with Gasteiger partial charge in [0.2, 0.25) is 0 Å². The molecule has 0 aliphatic heterocycles. The summed E-state index contributed by atoms with van der Waals surface area (Å²) in [4.78, 5) is 25.8. The first-order valence-electron chi connectivity index (χ1n) is 9.19. The van der Waals surface area contributed by atoms with Crippen molar-refractivity contribution in [1.82, 2.24) is 4.90 Å². The Morgan fingerprint density at radius 2 is 1.53 bits per heavy atom. The zero-order chi connectivity index (χ0) is 21.5. The number of carbonyl (C=O) groups is 2. The van der Waals surface area contributed by atoms with Crippen LogP contribution in [0, 0.1) is 0 Å². The summed E-state index contributed by atoms with van der Waals surface area (Å²) in [5, 5.41) is 3.00. The second-order valence-corrected chi connectivity index (χ2v) is 7.02. The highest BCUT2D eigenvalue weighted by molar-refractivity contribution is 6.33. The van der Waals surface area contributed by atoms with Crippen molar-refractivity contribution in [3.05, 3.63) is 83.4 Å². The molecule has 0 spiro atoms. The zero-order valence-corrected chi connectivity index (χ0v) is 17.3. The highest BCUT2D eigenvalue weighted by atomic mass is 35.5. The lowest BCUT2D eigenvalue weighted by molar-refractivity contribution is -0.118. The van der Waals surface area contributed by atoms with E-state index in [9.17, 15) is 9.59 Å². The monoisotopic (exact) mass is 424 g/mol. The van der Waals surface area contributed by atoms with Gasteiger partial charge >= 0.3 is 0 Å². The van der Waals surface area contributed by atoms with Crippen LogP contribution in [-0.4, -0.2) is 37.4 Å². The minimum atomic E-state index is -0.393. The van der Waals surface area contributed by atoms with Crippen LogP contribution in [0.2, 0.25) is 5.02 Å². The van der Waals surface area contributed by atoms with Crippen molar-refractivity contribution in [3.8, 4) is 17.2 Å². The average molecular weight is 425 g/mol. The maximum Gasteiger partial charge on any atom is 0.262 e. The van der Waals surface area contributed by atoms with Gasteiger partial charge in [0.05, 0.1) is 10.7 Å². The molecule has 3 aromatic carbocycles. The third kappa shape index (κ3) is 5.75. The number of para-hydroxylation sites is 1. The molecule has 0 fully saturated rings. The lowest BCUT2D eigenvalue weighted by Crippen LogP contribution is -2.23. The van der Waals surface area contributed by atoms with Gasteiger partial charge in [-0.2, -0.15) is 0 Å². The fourth-order valence-electron chi connectivity index (χ4n) is 2.58. The highest BCUT2D eigenvalue weighted by Gasteiger charge is 2.13. The van der Waals surface area contributed by atoms with E-state index in [4.69, 9.17) is 21.1 Å². The number of rotatable bonds is 7. The van der Waals surface area contributed by atoms with Crippen LogP contribution in [0.5, 0.6) is 17.2 Å². The molecule has 0 aliphatic carbocycles. The van der Waals surface area contributed by atoms with Crippen LogP contribution < -0.4 is 14.8 Å². The van der Waals surface area contributed by atoms with Crippen molar-refractivity contribution >= 4 is 29.1 Å². The molecule has 2 amide bonds. The molecule has 0 saturated carbocycles. The maximum absolute atomic E-state index is 12.2. The lowest BCUT2D eigenvalue weighted by atomic mass is 10.2. The van der Waals surface area contributed by atoms with Gasteiger partial charge in [0.15, 0.2) is 6.61 Å². The number of carbonyl (C=O) groups excluding carboxylic acids is 2. The van der Waals surface area contributed by atoms with E-state index in [1.807, 2.05) is 30.3 Å². The van der Waals surface area contributed by atoms with Crippen LogP contribution >= 0.6 is 11.6 Å². The van der Waals surface area contributed by atoms with Gasteiger partial charge in [0.25, 0.3) is 11.8 Å². The molecule has 0 radical (unpaired) electrons. The van der Waals surface area contributed by atoms with Crippen LogP contribution in [0.4, 0.5) is 5.69 Å². The van der Waals surface area contributed by atoms with Crippen molar-refractivity contribution < 1.29 is 19.1 Å². The first-order chi connectivity index (χ1) is 14.4. The van der Waals surface area contributed by atoms with Gasteiger partial charge in [-0.05, 0) is 54.6 Å². The van der Waals surface area contributed by atoms with Crippen LogP contribution in [0.15, 0.2) is 72.8 Å². The third-order valence-electron chi connectivity index (χ3n) is 4.07. The molecule has 3 rings (SSSR count). The summed E-state index contributed by atoms with van der Waals surface area (Å²) in [6.07, 6.45) is 0. The SMILES string of the molecule is CN(C)C(=O)c1ccc(Cl)c(NC(=O)COc2ccc(Oc3ccccc3)cc2)c1. The summed E-state index contributed by atoms with van der Waals surface area (Å²) in [6.45, 7) is -0.207. The fourth-order valence-corrected chi connectivity index (χ4v) is 2.74. The predicted molar refractivity (Wildman–Crippen MR) is 117 cm³/mol. The van der Waals surface area contributed by atoms with Crippen molar-refractivity contribution in [2.75, 3.05) is 26.0 Å². The summed E-state index contributed by atoms with van der Waals surface area (Å²) >= 11 is 6.13. The topological polar surface area (TPSA) is 67.9 Å². The summed E-state index contributed by atoms with van der Waals surface area (Å²) in [6, 6.07) is 21.1. The molecular weight excluding hydrogens is 404 g/mol. The predicted octanol–water partition coefficient (Wildman–Crippen LogP) is 4.85. The number of nitrogens with zero attached hydrogens (tertiary/aromatic N) is 1. The number of halogens is 1. The molecule has 0 bridgehead atoms. The Morgan fingerprint density at radius 1 is 0.900 bits per heavy atom. The molecule has 6 nitrogen and oxygen atoms in total. The summed E-state index contributed by atoms with van der Waals surface area (Å²) in [5.74, 6) is 1.34. The Hall–Kier alpha value is -3.51. The minimum Gasteiger partial charge on any atom is -0.484 e. The molecule has 1 N–H and O–H groups in total. The van der Waals surface area contributed by atoms with Crippen molar-refractivity contribution in [2.24, 2.45) is 0 Å². The van der Waals surface area contributed by atoms with Crippen LogP contribution in [0.1, 0.15) is 10.4 Å².